The number of aliphatic carboxylic acids is 1. The SMILES string of the molecule is CC(C)C1(C)CCCC(CC(O)C(=O)O)C1. The van der Waals surface area contributed by atoms with Gasteiger partial charge in [0.05, 0.1) is 0 Å². The molecule has 0 heterocycles. The van der Waals surface area contributed by atoms with Crippen LogP contribution in [0.25, 0.3) is 0 Å². The maximum absolute atomic E-state index is 10.6. The predicted octanol–water partition coefficient (Wildman–Crippen LogP) is 2.67. The largest absolute Gasteiger partial charge is 0.479 e. The van der Waals surface area contributed by atoms with Crippen molar-refractivity contribution in [3.8, 4) is 0 Å². The van der Waals surface area contributed by atoms with Crippen LogP contribution in [0.4, 0.5) is 0 Å². The van der Waals surface area contributed by atoms with Gasteiger partial charge in [-0.3, -0.25) is 0 Å². The van der Waals surface area contributed by atoms with Gasteiger partial charge in [-0.15, -0.1) is 0 Å². The molecule has 2 N–H and O–H groups in total. The quantitative estimate of drug-likeness (QED) is 0.777. The third-order valence-electron chi connectivity index (χ3n) is 4.35. The molecule has 1 fully saturated rings. The van der Waals surface area contributed by atoms with E-state index in [2.05, 4.69) is 20.8 Å². The van der Waals surface area contributed by atoms with E-state index in [1.165, 1.54) is 6.42 Å². The molecule has 0 aromatic heterocycles. The van der Waals surface area contributed by atoms with Gasteiger partial charge in [-0.2, -0.15) is 0 Å². The fourth-order valence-corrected chi connectivity index (χ4v) is 2.80. The average molecular weight is 228 g/mol. The lowest BCUT2D eigenvalue weighted by Crippen LogP contribution is -2.33. The Balaban J connectivity index is 2.54. The van der Waals surface area contributed by atoms with Gasteiger partial charge in [0.15, 0.2) is 6.10 Å². The van der Waals surface area contributed by atoms with Crippen LogP contribution in [-0.4, -0.2) is 22.3 Å². The first kappa shape index (κ1) is 13.5. The van der Waals surface area contributed by atoms with Gasteiger partial charge in [0.2, 0.25) is 0 Å². The van der Waals surface area contributed by atoms with E-state index in [-0.39, 0.29) is 0 Å². The van der Waals surface area contributed by atoms with E-state index in [1.807, 2.05) is 0 Å². The van der Waals surface area contributed by atoms with Crippen LogP contribution in [0.5, 0.6) is 0 Å². The zero-order chi connectivity index (χ0) is 12.3. The number of carbonyl (C=O) groups is 1. The zero-order valence-electron chi connectivity index (χ0n) is 10.6. The maximum Gasteiger partial charge on any atom is 0.332 e. The lowest BCUT2D eigenvalue weighted by atomic mass is 9.64. The minimum Gasteiger partial charge on any atom is -0.479 e. The van der Waals surface area contributed by atoms with Crippen molar-refractivity contribution < 1.29 is 15.0 Å². The third-order valence-corrected chi connectivity index (χ3v) is 4.35. The molecule has 3 heteroatoms. The number of aliphatic hydroxyl groups excluding tert-OH is 1. The number of carboxylic acids is 1. The molecule has 0 amide bonds. The summed E-state index contributed by atoms with van der Waals surface area (Å²) in [5.74, 6) is -0.0960. The van der Waals surface area contributed by atoms with E-state index in [0.29, 0.717) is 23.7 Å². The summed E-state index contributed by atoms with van der Waals surface area (Å²) in [7, 11) is 0. The summed E-state index contributed by atoms with van der Waals surface area (Å²) in [4.78, 5) is 10.6. The van der Waals surface area contributed by atoms with E-state index in [1.54, 1.807) is 0 Å². The highest BCUT2D eigenvalue weighted by Crippen LogP contribution is 2.45. The monoisotopic (exact) mass is 228 g/mol. The minimum atomic E-state index is -1.18. The van der Waals surface area contributed by atoms with E-state index in [0.717, 1.165) is 19.3 Å². The van der Waals surface area contributed by atoms with E-state index >= 15 is 0 Å². The molecule has 1 aliphatic rings. The second kappa shape index (κ2) is 5.17. The van der Waals surface area contributed by atoms with Gasteiger partial charge in [-0.25, -0.2) is 4.79 Å². The van der Waals surface area contributed by atoms with Gasteiger partial charge in [0.1, 0.15) is 0 Å². The first-order valence-corrected chi connectivity index (χ1v) is 6.26. The van der Waals surface area contributed by atoms with Crippen LogP contribution in [0.1, 0.15) is 52.9 Å². The van der Waals surface area contributed by atoms with Crippen molar-refractivity contribution in [2.24, 2.45) is 17.3 Å². The Morgan fingerprint density at radius 2 is 2.12 bits per heavy atom. The van der Waals surface area contributed by atoms with Crippen molar-refractivity contribution in [2.75, 3.05) is 0 Å². The van der Waals surface area contributed by atoms with Crippen molar-refractivity contribution >= 4 is 5.97 Å². The van der Waals surface area contributed by atoms with Crippen molar-refractivity contribution in [3.05, 3.63) is 0 Å². The van der Waals surface area contributed by atoms with Crippen LogP contribution in [-0.2, 0) is 4.79 Å². The summed E-state index contributed by atoms with van der Waals surface area (Å²) >= 11 is 0. The molecule has 3 unspecified atom stereocenters. The molecule has 3 nitrogen and oxygen atoms in total. The maximum atomic E-state index is 10.6. The van der Waals surface area contributed by atoms with Crippen molar-refractivity contribution in [1.82, 2.24) is 0 Å². The van der Waals surface area contributed by atoms with Crippen molar-refractivity contribution in [2.45, 2.75) is 59.0 Å². The molecule has 94 valence electrons. The highest BCUT2D eigenvalue weighted by molar-refractivity contribution is 5.71. The molecular weight excluding hydrogens is 204 g/mol. The Bertz CT molecular complexity index is 250. The number of carboxylic acid groups (broad SMARTS) is 1. The smallest absolute Gasteiger partial charge is 0.332 e. The standard InChI is InChI=1S/C13H24O3/c1-9(2)13(3)6-4-5-10(8-13)7-11(14)12(15)16/h9-11,14H,4-8H2,1-3H3,(H,15,16). The fraction of sp³-hybridized carbons (Fsp3) is 0.923. The molecule has 0 spiro atoms. The Labute approximate surface area is 97.9 Å². The molecule has 0 aliphatic heterocycles. The van der Waals surface area contributed by atoms with Crippen LogP contribution < -0.4 is 0 Å². The third kappa shape index (κ3) is 3.21. The molecular formula is C13H24O3. The van der Waals surface area contributed by atoms with Gasteiger partial charge in [0.25, 0.3) is 0 Å². The zero-order valence-corrected chi connectivity index (χ0v) is 10.6. The molecule has 0 aromatic carbocycles. The van der Waals surface area contributed by atoms with Crippen LogP contribution in [0.15, 0.2) is 0 Å². The highest BCUT2D eigenvalue weighted by Gasteiger charge is 2.35. The van der Waals surface area contributed by atoms with Crippen LogP contribution in [0.2, 0.25) is 0 Å². The normalized spacial score (nSPS) is 32.7. The van der Waals surface area contributed by atoms with Gasteiger partial charge < -0.3 is 10.2 Å². The van der Waals surface area contributed by atoms with Crippen molar-refractivity contribution in [3.63, 3.8) is 0 Å². The van der Waals surface area contributed by atoms with Gasteiger partial charge in [0, 0.05) is 0 Å². The number of rotatable bonds is 4. The summed E-state index contributed by atoms with van der Waals surface area (Å²) in [6.45, 7) is 6.75. The Hall–Kier alpha value is -0.570. The number of aliphatic hydroxyl groups is 1. The lowest BCUT2D eigenvalue weighted by molar-refractivity contribution is -0.147. The number of hydrogen-bond donors (Lipinski definition) is 2. The molecule has 1 aliphatic carbocycles. The molecule has 1 saturated carbocycles. The Kier molecular flexibility index (Phi) is 4.36. The molecule has 16 heavy (non-hydrogen) atoms. The molecule has 0 radical (unpaired) electrons. The first-order chi connectivity index (χ1) is 7.35. The van der Waals surface area contributed by atoms with Gasteiger partial charge in [-0.1, -0.05) is 33.6 Å². The van der Waals surface area contributed by atoms with E-state index in [4.69, 9.17) is 5.11 Å². The second-order valence-electron chi connectivity index (χ2n) is 5.86. The summed E-state index contributed by atoms with van der Waals surface area (Å²) in [6.07, 6.45) is 3.73. The van der Waals surface area contributed by atoms with Gasteiger partial charge >= 0.3 is 5.97 Å². The summed E-state index contributed by atoms with van der Waals surface area (Å²) in [5, 5.41) is 18.1. The van der Waals surface area contributed by atoms with E-state index < -0.39 is 12.1 Å². The minimum absolute atomic E-state index is 0.321. The lowest BCUT2D eigenvalue weighted by Gasteiger charge is -2.41. The highest BCUT2D eigenvalue weighted by atomic mass is 16.4. The topological polar surface area (TPSA) is 57.5 Å². The molecule has 3 atom stereocenters. The average Bonchev–Trinajstić information content (AvgIpc) is 2.17. The summed E-state index contributed by atoms with van der Waals surface area (Å²) in [5.41, 5.74) is 0.321. The van der Waals surface area contributed by atoms with Gasteiger partial charge in [-0.05, 0) is 36.5 Å². The predicted molar refractivity (Wildman–Crippen MR) is 63.2 cm³/mol. The molecule has 0 aromatic rings. The first-order valence-electron chi connectivity index (χ1n) is 6.26. The molecule has 0 saturated heterocycles. The van der Waals surface area contributed by atoms with E-state index in [9.17, 15) is 9.90 Å². The Morgan fingerprint density at radius 1 is 1.50 bits per heavy atom. The molecule has 1 rings (SSSR count). The van der Waals surface area contributed by atoms with Crippen LogP contribution in [0.3, 0.4) is 0 Å². The second-order valence-corrected chi connectivity index (χ2v) is 5.86. The fourth-order valence-electron chi connectivity index (χ4n) is 2.80. The Morgan fingerprint density at radius 3 is 2.62 bits per heavy atom. The number of hydrogen-bond acceptors (Lipinski definition) is 2. The molecule has 0 bridgehead atoms. The van der Waals surface area contributed by atoms with Crippen LogP contribution in [0, 0.1) is 17.3 Å². The van der Waals surface area contributed by atoms with Crippen molar-refractivity contribution in [1.29, 1.82) is 0 Å². The van der Waals surface area contributed by atoms with Crippen LogP contribution >= 0.6 is 0 Å². The summed E-state index contributed by atoms with van der Waals surface area (Å²) in [6, 6.07) is 0. The summed E-state index contributed by atoms with van der Waals surface area (Å²) < 4.78 is 0.